The molecule has 0 atom stereocenters. The summed E-state index contributed by atoms with van der Waals surface area (Å²) in [5.74, 6) is 0.626. The van der Waals surface area contributed by atoms with E-state index in [4.69, 9.17) is 9.97 Å². The molecule has 0 saturated heterocycles. The van der Waals surface area contributed by atoms with Crippen LogP contribution in [0.15, 0.2) is 89.3 Å². The molecule has 0 aliphatic carbocycles. The first-order valence-electron chi connectivity index (χ1n) is 9.02. The van der Waals surface area contributed by atoms with Gasteiger partial charge in [-0.1, -0.05) is 48.5 Å². The van der Waals surface area contributed by atoms with Crippen LogP contribution in [0.5, 0.6) is 0 Å². The van der Waals surface area contributed by atoms with Gasteiger partial charge in [0.2, 0.25) is 5.16 Å². The van der Waals surface area contributed by atoms with Crippen LogP contribution in [0.1, 0.15) is 5.56 Å². The van der Waals surface area contributed by atoms with Gasteiger partial charge in [0.1, 0.15) is 5.03 Å². The molecule has 0 bridgehead atoms. The fourth-order valence-electron chi connectivity index (χ4n) is 2.96. The summed E-state index contributed by atoms with van der Waals surface area (Å²) in [5.41, 5.74) is 2.86. The molecular weight excluding hydrogens is 382 g/mol. The van der Waals surface area contributed by atoms with Crippen molar-refractivity contribution in [1.29, 1.82) is 0 Å². The molecule has 7 nitrogen and oxygen atoms in total. The Kier molecular flexibility index (Phi) is 4.67. The molecule has 8 heteroatoms. The van der Waals surface area contributed by atoms with Gasteiger partial charge in [0, 0.05) is 23.3 Å². The third-order valence-electron chi connectivity index (χ3n) is 4.35. The molecule has 0 amide bonds. The van der Waals surface area contributed by atoms with Crippen LogP contribution >= 0.6 is 11.8 Å². The minimum atomic E-state index is 0.592. The third kappa shape index (κ3) is 3.70. The topological polar surface area (TPSA) is 82.3 Å². The lowest BCUT2D eigenvalue weighted by Gasteiger charge is -2.08. The summed E-state index contributed by atoms with van der Waals surface area (Å²) in [6.07, 6.45) is 3.50. The zero-order chi connectivity index (χ0) is 19.5. The van der Waals surface area contributed by atoms with Gasteiger partial charge in [-0.2, -0.15) is 0 Å². The van der Waals surface area contributed by atoms with Gasteiger partial charge in [-0.15, -0.1) is 5.10 Å². The van der Waals surface area contributed by atoms with Gasteiger partial charge in [-0.3, -0.25) is 4.98 Å². The number of para-hydroxylation sites is 1. The van der Waals surface area contributed by atoms with Crippen LogP contribution in [0.3, 0.4) is 0 Å². The normalized spacial score (nSPS) is 11.0. The van der Waals surface area contributed by atoms with Gasteiger partial charge in [-0.25, -0.2) is 14.6 Å². The number of hydrogen-bond donors (Lipinski definition) is 0. The summed E-state index contributed by atoms with van der Waals surface area (Å²) in [4.78, 5) is 13.7. The molecule has 29 heavy (non-hydrogen) atoms. The highest BCUT2D eigenvalue weighted by molar-refractivity contribution is 7.99. The van der Waals surface area contributed by atoms with Gasteiger partial charge in [0.15, 0.2) is 5.82 Å². The Balaban J connectivity index is 1.55. The largest absolute Gasteiger partial charge is 0.264 e. The SMILES string of the molecule is c1ccc(Cn2nnnc2Sc2nc(-c3cccnc3)nc3ccccc23)cc1. The first kappa shape index (κ1) is 17.4. The fraction of sp³-hybridized carbons (Fsp3) is 0.0476. The lowest BCUT2D eigenvalue weighted by atomic mass is 10.2. The number of fused-ring (bicyclic) bond motifs is 1. The smallest absolute Gasteiger partial charge is 0.215 e. The molecule has 0 spiro atoms. The van der Waals surface area contributed by atoms with Crippen molar-refractivity contribution in [2.75, 3.05) is 0 Å². The Hall–Kier alpha value is -3.65. The van der Waals surface area contributed by atoms with E-state index in [1.807, 2.05) is 54.6 Å². The van der Waals surface area contributed by atoms with Crippen molar-refractivity contribution >= 4 is 22.7 Å². The number of hydrogen-bond acceptors (Lipinski definition) is 7. The number of benzene rings is 2. The van der Waals surface area contributed by atoms with Gasteiger partial charge < -0.3 is 0 Å². The Morgan fingerprint density at radius 2 is 1.72 bits per heavy atom. The highest BCUT2D eigenvalue weighted by atomic mass is 32.2. The van der Waals surface area contributed by atoms with Crippen LogP contribution in [0, 0.1) is 0 Å². The zero-order valence-corrected chi connectivity index (χ0v) is 16.1. The van der Waals surface area contributed by atoms with Crippen molar-refractivity contribution in [1.82, 2.24) is 35.2 Å². The van der Waals surface area contributed by atoms with Gasteiger partial charge >= 0.3 is 0 Å². The number of pyridine rings is 1. The molecule has 0 radical (unpaired) electrons. The summed E-state index contributed by atoms with van der Waals surface area (Å²) in [7, 11) is 0. The molecule has 0 N–H and O–H groups in total. The molecule has 3 heterocycles. The van der Waals surface area contributed by atoms with Crippen molar-refractivity contribution in [2.24, 2.45) is 0 Å². The minimum absolute atomic E-state index is 0.592. The lowest BCUT2D eigenvalue weighted by molar-refractivity contribution is 0.602. The maximum atomic E-state index is 4.80. The maximum absolute atomic E-state index is 4.80. The third-order valence-corrected chi connectivity index (χ3v) is 5.33. The predicted octanol–water partition coefficient (Wildman–Crippen LogP) is 3.88. The van der Waals surface area contributed by atoms with Crippen molar-refractivity contribution < 1.29 is 0 Å². The van der Waals surface area contributed by atoms with E-state index in [-0.39, 0.29) is 0 Å². The van der Waals surface area contributed by atoms with Crippen LogP contribution in [-0.4, -0.2) is 35.2 Å². The average Bonchev–Trinajstić information content (AvgIpc) is 3.21. The van der Waals surface area contributed by atoms with Crippen molar-refractivity contribution in [3.63, 3.8) is 0 Å². The van der Waals surface area contributed by atoms with Gasteiger partial charge in [-0.05, 0) is 46.0 Å². The summed E-state index contributed by atoms with van der Waals surface area (Å²) in [5, 5.41) is 14.7. The molecular formula is C21H15N7S. The maximum Gasteiger partial charge on any atom is 0.215 e. The van der Waals surface area contributed by atoms with E-state index in [9.17, 15) is 0 Å². The van der Waals surface area contributed by atoms with Crippen LogP contribution < -0.4 is 0 Å². The van der Waals surface area contributed by atoms with Gasteiger partial charge in [0.05, 0.1) is 12.1 Å². The number of rotatable bonds is 5. The number of tetrazole rings is 1. The molecule has 5 rings (SSSR count). The van der Waals surface area contributed by atoms with Crippen molar-refractivity contribution in [3.05, 3.63) is 84.7 Å². The second-order valence-corrected chi connectivity index (χ2v) is 7.27. The zero-order valence-electron chi connectivity index (χ0n) is 15.3. The lowest BCUT2D eigenvalue weighted by Crippen LogP contribution is -2.04. The fourth-order valence-corrected chi connectivity index (χ4v) is 3.83. The monoisotopic (exact) mass is 397 g/mol. The highest BCUT2D eigenvalue weighted by Crippen LogP contribution is 2.32. The first-order chi connectivity index (χ1) is 14.4. The van der Waals surface area contributed by atoms with Gasteiger partial charge in [0.25, 0.3) is 0 Å². The van der Waals surface area contributed by atoms with Crippen molar-refractivity contribution in [3.8, 4) is 11.4 Å². The second kappa shape index (κ2) is 7.76. The standard InChI is InChI=1S/C21H15N7S/c1-2-7-15(8-3-1)14-28-21(25-26-27-28)29-20-17-10-4-5-11-18(17)23-19(24-20)16-9-6-12-22-13-16/h1-13H,14H2. The summed E-state index contributed by atoms with van der Waals surface area (Å²) < 4.78 is 1.78. The van der Waals surface area contributed by atoms with E-state index >= 15 is 0 Å². The van der Waals surface area contributed by atoms with E-state index in [0.29, 0.717) is 17.5 Å². The highest BCUT2D eigenvalue weighted by Gasteiger charge is 2.15. The number of nitrogens with zero attached hydrogens (tertiary/aromatic N) is 7. The Labute approximate surface area is 170 Å². The Morgan fingerprint density at radius 1 is 0.862 bits per heavy atom. The quantitative estimate of drug-likeness (QED) is 0.416. The Morgan fingerprint density at radius 3 is 2.59 bits per heavy atom. The molecule has 0 unspecified atom stereocenters. The van der Waals surface area contributed by atoms with Crippen LogP contribution in [0.2, 0.25) is 0 Å². The predicted molar refractivity (Wildman–Crippen MR) is 110 cm³/mol. The number of aromatic nitrogens is 7. The van der Waals surface area contributed by atoms with E-state index in [1.54, 1.807) is 17.1 Å². The minimum Gasteiger partial charge on any atom is -0.264 e. The second-order valence-electron chi connectivity index (χ2n) is 6.32. The van der Waals surface area contributed by atoms with Crippen LogP contribution in [0.4, 0.5) is 0 Å². The first-order valence-corrected chi connectivity index (χ1v) is 9.83. The molecule has 0 saturated carbocycles. The van der Waals surface area contributed by atoms with Crippen LogP contribution in [-0.2, 0) is 6.54 Å². The van der Waals surface area contributed by atoms with E-state index < -0.39 is 0 Å². The van der Waals surface area contributed by atoms with E-state index in [1.165, 1.54) is 11.8 Å². The molecule has 0 aliphatic rings. The Bertz CT molecular complexity index is 1260. The molecule has 2 aromatic carbocycles. The molecule has 0 fully saturated rings. The average molecular weight is 397 g/mol. The molecule has 3 aromatic heterocycles. The van der Waals surface area contributed by atoms with Crippen molar-refractivity contribution in [2.45, 2.75) is 16.7 Å². The molecule has 5 aromatic rings. The summed E-state index contributed by atoms with van der Waals surface area (Å²) in [6, 6.07) is 21.9. The van der Waals surface area contributed by atoms with Crippen LogP contribution in [0.25, 0.3) is 22.3 Å². The molecule has 140 valence electrons. The van der Waals surface area contributed by atoms with E-state index in [0.717, 1.165) is 27.1 Å². The van der Waals surface area contributed by atoms with E-state index in [2.05, 4.69) is 32.6 Å². The summed E-state index contributed by atoms with van der Waals surface area (Å²) >= 11 is 1.43. The molecule has 0 aliphatic heterocycles. The summed E-state index contributed by atoms with van der Waals surface area (Å²) in [6.45, 7) is 0.592.